The molecule has 3 heteroatoms. The molecule has 0 atom stereocenters. The van der Waals surface area contributed by atoms with E-state index in [1.807, 2.05) is 24.3 Å². The van der Waals surface area contributed by atoms with Crippen molar-refractivity contribution in [2.75, 3.05) is 0 Å². The molecule has 0 unspecified atom stereocenters. The van der Waals surface area contributed by atoms with Crippen LogP contribution in [0.25, 0.3) is 0 Å². The molecule has 0 N–H and O–H groups in total. The van der Waals surface area contributed by atoms with Crippen LogP contribution in [0.2, 0.25) is 0 Å². The number of benzene rings is 2. The maximum atomic E-state index is 5.80. The van der Waals surface area contributed by atoms with Gasteiger partial charge in [-0.25, -0.2) is 0 Å². The van der Waals surface area contributed by atoms with E-state index in [4.69, 9.17) is 4.74 Å². The van der Waals surface area contributed by atoms with Crippen molar-refractivity contribution < 1.29 is 4.74 Å². The molecule has 0 fully saturated rings. The molecule has 2 rings (SSSR count). The molecule has 0 heterocycles. The molecule has 0 aromatic heterocycles. The van der Waals surface area contributed by atoms with Crippen LogP contribution in [0.1, 0.15) is 16.7 Å². The molecular weight excluding hydrogens is 356 g/mol. The molecule has 0 aliphatic rings. The highest BCUT2D eigenvalue weighted by Gasteiger charge is 2.03. The van der Waals surface area contributed by atoms with Crippen LogP contribution < -0.4 is 4.74 Å². The van der Waals surface area contributed by atoms with Gasteiger partial charge in [-0.3, -0.25) is 0 Å². The van der Waals surface area contributed by atoms with Crippen molar-refractivity contribution in [2.24, 2.45) is 0 Å². The Labute approximate surface area is 124 Å². The zero-order valence-corrected chi connectivity index (χ0v) is 13.1. The summed E-state index contributed by atoms with van der Waals surface area (Å²) in [6.45, 7) is 0.607. The zero-order valence-electron chi connectivity index (χ0n) is 9.90. The second-order valence-corrected chi connectivity index (χ2v) is 5.09. The van der Waals surface area contributed by atoms with Gasteiger partial charge in [0.25, 0.3) is 0 Å². The molecule has 94 valence electrons. The second kappa shape index (κ2) is 6.95. The highest BCUT2D eigenvalue weighted by atomic mass is 79.9. The van der Waals surface area contributed by atoms with E-state index in [2.05, 4.69) is 56.1 Å². The van der Waals surface area contributed by atoms with Crippen LogP contribution in [-0.4, -0.2) is 0 Å². The number of hydrogen-bond acceptors (Lipinski definition) is 1. The van der Waals surface area contributed by atoms with Gasteiger partial charge in [-0.15, -0.1) is 0 Å². The summed E-state index contributed by atoms with van der Waals surface area (Å²) in [5.41, 5.74) is 3.74. The first kappa shape index (κ1) is 13.6. The summed E-state index contributed by atoms with van der Waals surface area (Å²) in [4.78, 5) is 0. The third kappa shape index (κ3) is 3.59. The Morgan fingerprint density at radius 1 is 0.833 bits per heavy atom. The van der Waals surface area contributed by atoms with E-state index in [9.17, 15) is 0 Å². The van der Waals surface area contributed by atoms with Gasteiger partial charge in [0, 0.05) is 10.7 Å². The molecule has 0 radical (unpaired) electrons. The topological polar surface area (TPSA) is 9.23 Å². The van der Waals surface area contributed by atoms with Crippen LogP contribution in [0.3, 0.4) is 0 Å². The highest BCUT2D eigenvalue weighted by Crippen LogP contribution is 2.22. The molecule has 18 heavy (non-hydrogen) atoms. The minimum absolute atomic E-state index is 0.607. The maximum Gasteiger partial charge on any atom is 0.120 e. The van der Waals surface area contributed by atoms with Crippen molar-refractivity contribution in [3.8, 4) is 5.75 Å². The monoisotopic (exact) mass is 368 g/mol. The maximum absolute atomic E-state index is 5.80. The first-order valence-electron chi connectivity index (χ1n) is 5.74. The van der Waals surface area contributed by atoms with E-state index in [0.717, 1.165) is 16.4 Å². The van der Waals surface area contributed by atoms with Crippen molar-refractivity contribution in [1.29, 1.82) is 0 Å². The van der Waals surface area contributed by atoms with Crippen LogP contribution >= 0.6 is 31.9 Å². The van der Waals surface area contributed by atoms with Gasteiger partial charge in [-0.05, 0) is 28.8 Å². The van der Waals surface area contributed by atoms with Crippen molar-refractivity contribution in [3.05, 3.63) is 65.2 Å². The number of halogens is 2. The molecule has 2 aromatic rings. The summed E-state index contributed by atoms with van der Waals surface area (Å²) in [6.07, 6.45) is 0. The van der Waals surface area contributed by atoms with Gasteiger partial charge in [0.05, 0.1) is 0 Å². The molecule has 1 nitrogen and oxygen atoms in total. The summed E-state index contributed by atoms with van der Waals surface area (Å²) in [5, 5.41) is 1.71. The highest BCUT2D eigenvalue weighted by molar-refractivity contribution is 9.09. The van der Waals surface area contributed by atoms with Gasteiger partial charge in [-0.1, -0.05) is 68.3 Å². The lowest BCUT2D eigenvalue weighted by atomic mass is 10.1. The van der Waals surface area contributed by atoms with Gasteiger partial charge < -0.3 is 4.74 Å². The Bertz CT molecular complexity index is 497. The third-order valence-electron chi connectivity index (χ3n) is 2.71. The summed E-state index contributed by atoms with van der Waals surface area (Å²) in [7, 11) is 0. The van der Waals surface area contributed by atoms with Gasteiger partial charge in [-0.2, -0.15) is 0 Å². The molecule has 0 spiro atoms. The Balaban J connectivity index is 2.06. The minimum atomic E-state index is 0.607. The number of rotatable bonds is 5. The standard InChI is InChI=1S/C15H14Br2O/c16-9-13-6-7-15(8-14(13)10-17)18-11-12-4-2-1-3-5-12/h1-8H,9-11H2. The van der Waals surface area contributed by atoms with Crippen LogP contribution in [0, 0.1) is 0 Å². The van der Waals surface area contributed by atoms with Gasteiger partial charge in [0.1, 0.15) is 12.4 Å². The first-order chi connectivity index (χ1) is 8.83. The first-order valence-corrected chi connectivity index (χ1v) is 7.98. The Morgan fingerprint density at radius 2 is 1.56 bits per heavy atom. The van der Waals surface area contributed by atoms with E-state index in [1.54, 1.807) is 0 Å². The molecule has 2 aromatic carbocycles. The largest absolute Gasteiger partial charge is 0.489 e. The predicted octanol–water partition coefficient (Wildman–Crippen LogP) is 5.06. The number of hydrogen-bond donors (Lipinski definition) is 0. The molecule has 0 bridgehead atoms. The Hall–Kier alpha value is -0.800. The Morgan fingerprint density at radius 3 is 2.22 bits per heavy atom. The quantitative estimate of drug-likeness (QED) is 0.669. The van der Waals surface area contributed by atoms with Crippen LogP contribution in [0.5, 0.6) is 5.75 Å². The smallest absolute Gasteiger partial charge is 0.120 e. The van der Waals surface area contributed by atoms with Gasteiger partial charge in [0.15, 0.2) is 0 Å². The van der Waals surface area contributed by atoms with Gasteiger partial charge in [0.2, 0.25) is 0 Å². The van der Waals surface area contributed by atoms with Crippen molar-refractivity contribution in [2.45, 2.75) is 17.3 Å². The fraction of sp³-hybridized carbons (Fsp3) is 0.200. The average molecular weight is 370 g/mol. The molecule has 0 amide bonds. The average Bonchev–Trinajstić information content (AvgIpc) is 2.45. The van der Waals surface area contributed by atoms with E-state index < -0.39 is 0 Å². The second-order valence-electron chi connectivity index (χ2n) is 3.97. The lowest BCUT2D eigenvalue weighted by Crippen LogP contribution is -1.96. The molecule has 0 aliphatic heterocycles. The van der Waals surface area contributed by atoms with Crippen molar-refractivity contribution >= 4 is 31.9 Å². The Kier molecular flexibility index (Phi) is 5.26. The SMILES string of the molecule is BrCc1ccc(OCc2ccccc2)cc1CBr. The predicted molar refractivity (Wildman–Crippen MR) is 82.5 cm³/mol. The fourth-order valence-electron chi connectivity index (χ4n) is 1.69. The third-order valence-corrected chi connectivity index (χ3v) is 3.92. The normalized spacial score (nSPS) is 10.3. The molecule has 0 saturated carbocycles. The van der Waals surface area contributed by atoms with E-state index in [0.29, 0.717) is 6.61 Å². The van der Waals surface area contributed by atoms with Crippen molar-refractivity contribution in [3.63, 3.8) is 0 Å². The van der Waals surface area contributed by atoms with Crippen LogP contribution in [-0.2, 0) is 17.3 Å². The van der Waals surface area contributed by atoms with E-state index in [1.165, 1.54) is 16.7 Å². The van der Waals surface area contributed by atoms with E-state index >= 15 is 0 Å². The lowest BCUT2D eigenvalue weighted by Gasteiger charge is -2.10. The van der Waals surface area contributed by atoms with E-state index in [-0.39, 0.29) is 0 Å². The number of alkyl halides is 2. The van der Waals surface area contributed by atoms with Gasteiger partial charge >= 0.3 is 0 Å². The fourth-order valence-corrected chi connectivity index (χ4v) is 2.76. The molecule has 0 saturated heterocycles. The van der Waals surface area contributed by atoms with Crippen molar-refractivity contribution in [1.82, 2.24) is 0 Å². The van der Waals surface area contributed by atoms with Crippen LogP contribution in [0.4, 0.5) is 0 Å². The summed E-state index contributed by atoms with van der Waals surface area (Å²) >= 11 is 6.99. The zero-order chi connectivity index (χ0) is 12.8. The molecule has 0 aliphatic carbocycles. The summed E-state index contributed by atoms with van der Waals surface area (Å²) in [6, 6.07) is 16.4. The van der Waals surface area contributed by atoms with Crippen LogP contribution in [0.15, 0.2) is 48.5 Å². The summed E-state index contributed by atoms with van der Waals surface area (Å²) < 4.78 is 5.80. The number of ether oxygens (including phenoxy) is 1. The summed E-state index contributed by atoms with van der Waals surface area (Å²) in [5.74, 6) is 0.915. The lowest BCUT2D eigenvalue weighted by molar-refractivity contribution is 0.306. The minimum Gasteiger partial charge on any atom is -0.489 e. The molecular formula is C15H14Br2O.